The van der Waals surface area contributed by atoms with Gasteiger partial charge in [-0.25, -0.2) is 4.39 Å². The Hall–Kier alpha value is -1.33. The van der Waals surface area contributed by atoms with Gasteiger partial charge in [-0.2, -0.15) is 0 Å². The molecule has 0 radical (unpaired) electrons. The Kier molecular flexibility index (Phi) is 3.73. The third-order valence-corrected chi connectivity index (χ3v) is 3.39. The third kappa shape index (κ3) is 2.42. The zero-order chi connectivity index (χ0) is 13.3. The first-order chi connectivity index (χ1) is 8.52. The average Bonchev–Trinajstić information content (AvgIpc) is 2.77. The van der Waals surface area contributed by atoms with Crippen molar-refractivity contribution in [1.29, 1.82) is 0 Å². The molecule has 1 aliphatic heterocycles. The molecule has 1 saturated heterocycles. The number of nitrogens with one attached hydrogen (secondary N) is 1. The topological polar surface area (TPSA) is 58.6 Å². The van der Waals surface area contributed by atoms with Crippen LogP contribution >= 0.6 is 11.6 Å². The highest BCUT2D eigenvalue weighted by Crippen LogP contribution is 2.34. The predicted octanol–water partition coefficient (Wildman–Crippen LogP) is 2.22. The maximum atomic E-state index is 13.7. The first-order valence-electron chi connectivity index (χ1n) is 5.52. The van der Waals surface area contributed by atoms with Crippen LogP contribution in [0, 0.1) is 11.7 Å². The lowest BCUT2D eigenvalue weighted by Crippen LogP contribution is -2.17. The van der Waals surface area contributed by atoms with Gasteiger partial charge in [-0.05, 0) is 24.1 Å². The number of carbonyl (C=O) groups is 1. The molecule has 1 aromatic carbocycles. The molecule has 0 saturated carbocycles. The summed E-state index contributed by atoms with van der Waals surface area (Å²) in [4.78, 5) is 10.9. The molecule has 2 unspecified atom stereocenters. The Labute approximate surface area is 109 Å². The van der Waals surface area contributed by atoms with Gasteiger partial charge in [0.05, 0.1) is 18.1 Å². The van der Waals surface area contributed by atoms with Crippen molar-refractivity contribution in [1.82, 2.24) is 5.32 Å². The van der Waals surface area contributed by atoms with E-state index in [0.29, 0.717) is 18.5 Å². The van der Waals surface area contributed by atoms with Gasteiger partial charge in [0.1, 0.15) is 0 Å². The number of methoxy groups -OCH3 is 1. The molecule has 2 rings (SSSR count). The first kappa shape index (κ1) is 13.1. The van der Waals surface area contributed by atoms with Crippen molar-refractivity contribution in [2.75, 3.05) is 13.7 Å². The minimum Gasteiger partial charge on any atom is -0.492 e. The molecule has 0 aromatic heterocycles. The minimum absolute atomic E-state index is 0.00759. The summed E-state index contributed by atoms with van der Waals surface area (Å²) < 4.78 is 18.5. The molecule has 1 heterocycles. The van der Waals surface area contributed by atoms with E-state index >= 15 is 0 Å². The summed E-state index contributed by atoms with van der Waals surface area (Å²) in [6.07, 6.45) is 0.428. The summed E-state index contributed by atoms with van der Waals surface area (Å²) in [6, 6.07) is 2.74. The van der Waals surface area contributed by atoms with Crippen molar-refractivity contribution in [2.45, 2.75) is 12.5 Å². The molecule has 4 nitrogen and oxygen atoms in total. The highest BCUT2D eigenvalue weighted by Gasteiger charge is 2.30. The SMILES string of the molecule is COc1c(F)cc(C2CC(C(=O)O)CN2)cc1Cl. The summed E-state index contributed by atoms with van der Waals surface area (Å²) in [7, 11) is 1.35. The van der Waals surface area contributed by atoms with Crippen LogP contribution in [0.4, 0.5) is 4.39 Å². The van der Waals surface area contributed by atoms with Crippen LogP contribution in [0.15, 0.2) is 12.1 Å². The van der Waals surface area contributed by atoms with Crippen molar-refractivity contribution >= 4 is 17.6 Å². The highest BCUT2D eigenvalue weighted by molar-refractivity contribution is 6.32. The Morgan fingerprint density at radius 2 is 2.33 bits per heavy atom. The number of hydrogen-bond donors (Lipinski definition) is 2. The molecule has 1 fully saturated rings. The van der Waals surface area contributed by atoms with Gasteiger partial charge in [-0.1, -0.05) is 11.6 Å². The fourth-order valence-electron chi connectivity index (χ4n) is 2.15. The molecule has 2 N–H and O–H groups in total. The van der Waals surface area contributed by atoms with Gasteiger partial charge in [0, 0.05) is 12.6 Å². The second kappa shape index (κ2) is 5.12. The van der Waals surface area contributed by atoms with E-state index in [1.165, 1.54) is 13.2 Å². The van der Waals surface area contributed by atoms with E-state index in [9.17, 15) is 9.18 Å². The number of carboxylic acids is 1. The van der Waals surface area contributed by atoms with E-state index in [0.717, 1.165) is 0 Å². The summed E-state index contributed by atoms with van der Waals surface area (Å²) in [5.74, 6) is -1.82. The number of carboxylic acid groups (broad SMARTS) is 1. The van der Waals surface area contributed by atoms with Crippen LogP contribution in [0.3, 0.4) is 0 Å². The zero-order valence-electron chi connectivity index (χ0n) is 9.74. The number of benzene rings is 1. The number of rotatable bonds is 3. The van der Waals surface area contributed by atoms with Gasteiger partial charge in [-0.3, -0.25) is 4.79 Å². The largest absolute Gasteiger partial charge is 0.492 e. The fraction of sp³-hybridized carbons (Fsp3) is 0.417. The van der Waals surface area contributed by atoms with Crippen LogP contribution in [-0.2, 0) is 4.79 Å². The van der Waals surface area contributed by atoms with Gasteiger partial charge >= 0.3 is 5.97 Å². The van der Waals surface area contributed by atoms with Crippen molar-refractivity contribution in [3.05, 3.63) is 28.5 Å². The molecule has 0 aliphatic carbocycles. The van der Waals surface area contributed by atoms with E-state index in [1.807, 2.05) is 0 Å². The van der Waals surface area contributed by atoms with Crippen LogP contribution in [0.1, 0.15) is 18.0 Å². The van der Waals surface area contributed by atoms with Gasteiger partial charge in [0.2, 0.25) is 0 Å². The molecule has 1 aromatic rings. The molecule has 0 bridgehead atoms. The van der Waals surface area contributed by atoms with E-state index in [4.69, 9.17) is 21.4 Å². The van der Waals surface area contributed by atoms with Crippen LogP contribution < -0.4 is 10.1 Å². The zero-order valence-corrected chi connectivity index (χ0v) is 10.5. The number of aliphatic carboxylic acids is 1. The Bertz CT molecular complexity index is 457. The Balaban J connectivity index is 2.23. The van der Waals surface area contributed by atoms with E-state index < -0.39 is 17.7 Å². The lowest BCUT2D eigenvalue weighted by molar-refractivity contribution is -0.141. The molecule has 6 heteroatoms. The minimum atomic E-state index is -0.843. The van der Waals surface area contributed by atoms with E-state index in [-0.39, 0.29) is 16.8 Å². The van der Waals surface area contributed by atoms with Crippen molar-refractivity contribution in [3.63, 3.8) is 0 Å². The van der Waals surface area contributed by atoms with Crippen LogP contribution in [0.25, 0.3) is 0 Å². The van der Waals surface area contributed by atoms with Gasteiger partial charge in [0.15, 0.2) is 11.6 Å². The van der Waals surface area contributed by atoms with E-state index in [2.05, 4.69) is 5.32 Å². The van der Waals surface area contributed by atoms with E-state index in [1.54, 1.807) is 6.07 Å². The Morgan fingerprint density at radius 3 is 2.83 bits per heavy atom. The maximum absolute atomic E-state index is 13.7. The number of halogens is 2. The lowest BCUT2D eigenvalue weighted by atomic mass is 10.00. The fourth-order valence-corrected chi connectivity index (χ4v) is 2.45. The second-order valence-corrected chi connectivity index (χ2v) is 4.66. The normalized spacial score (nSPS) is 23.1. The predicted molar refractivity (Wildman–Crippen MR) is 64.4 cm³/mol. The monoisotopic (exact) mass is 273 g/mol. The summed E-state index contributed by atoms with van der Waals surface area (Å²) in [6.45, 7) is 0.380. The highest BCUT2D eigenvalue weighted by atomic mass is 35.5. The quantitative estimate of drug-likeness (QED) is 0.887. The Morgan fingerprint density at radius 1 is 1.61 bits per heavy atom. The molecular formula is C12H13ClFNO3. The molecule has 98 valence electrons. The first-order valence-corrected chi connectivity index (χ1v) is 5.90. The molecular weight excluding hydrogens is 261 g/mol. The lowest BCUT2D eigenvalue weighted by Gasteiger charge is -2.13. The second-order valence-electron chi connectivity index (χ2n) is 4.25. The third-order valence-electron chi connectivity index (χ3n) is 3.11. The molecule has 18 heavy (non-hydrogen) atoms. The standard InChI is InChI=1S/C12H13ClFNO3/c1-18-11-8(13)2-6(3-9(11)14)10-4-7(5-15-10)12(16)17/h2-3,7,10,15H,4-5H2,1H3,(H,16,17). The van der Waals surface area contributed by atoms with Crippen LogP contribution in [0.5, 0.6) is 5.75 Å². The molecule has 1 aliphatic rings. The van der Waals surface area contributed by atoms with Gasteiger partial charge in [0.25, 0.3) is 0 Å². The number of ether oxygens (including phenoxy) is 1. The summed E-state index contributed by atoms with van der Waals surface area (Å²) >= 11 is 5.90. The molecule has 2 atom stereocenters. The van der Waals surface area contributed by atoms with Crippen LogP contribution in [-0.4, -0.2) is 24.7 Å². The van der Waals surface area contributed by atoms with Gasteiger partial charge in [-0.15, -0.1) is 0 Å². The van der Waals surface area contributed by atoms with Crippen LogP contribution in [0.2, 0.25) is 5.02 Å². The molecule has 0 amide bonds. The number of hydrogen-bond acceptors (Lipinski definition) is 3. The average molecular weight is 274 g/mol. The smallest absolute Gasteiger partial charge is 0.307 e. The van der Waals surface area contributed by atoms with Crippen molar-refractivity contribution in [3.8, 4) is 5.75 Å². The van der Waals surface area contributed by atoms with Crippen molar-refractivity contribution < 1.29 is 19.0 Å². The summed E-state index contributed by atoms with van der Waals surface area (Å²) in [5, 5.41) is 12.1. The maximum Gasteiger partial charge on any atom is 0.307 e. The summed E-state index contributed by atoms with van der Waals surface area (Å²) in [5.41, 5.74) is 0.641. The van der Waals surface area contributed by atoms with Gasteiger partial charge < -0.3 is 15.2 Å². The molecule has 0 spiro atoms. The van der Waals surface area contributed by atoms with Crippen molar-refractivity contribution in [2.24, 2.45) is 5.92 Å².